The quantitative estimate of drug-likeness (QED) is 0.526. The van der Waals surface area contributed by atoms with Crippen molar-refractivity contribution in [3.8, 4) is 5.75 Å². The van der Waals surface area contributed by atoms with Gasteiger partial charge in [-0.1, -0.05) is 24.3 Å². The number of ether oxygens (including phenoxy) is 2. The molecule has 0 fully saturated rings. The summed E-state index contributed by atoms with van der Waals surface area (Å²) in [4.78, 5) is 0. The number of hydrogen-bond acceptors (Lipinski definition) is 2. The van der Waals surface area contributed by atoms with Crippen molar-refractivity contribution in [3.63, 3.8) is 0 Å². The fourth-order valence-corrected chi connectivity index (χ4v) is 1.22. The first-order valence-corrected chi connectivity index (χ1v) is 5.18. The zero-order valence-corrected chi connectivity index (χ0v) is 9.40. The third kappa shape index (κ3) is 4.66. The highest BCUT2D eigenvalue weighted by Gasteiger charge is 1.93. The molecule has 2 heteroatoms. The van der Waals surface area contributed by atoms with Gasteiger partial charge < -0.3 is 9.47 Å². The van der Waals surface area contributed by atoms with Crippen LogP contribution in [0.5, 0.6) is 5.75 Å². The Hall–Kier alpha value is -1.28. The molecule has 0 aliphatic heterocycles. The van der Waals surface area contributed by atoms with E-state index in [0.717, 1.165) is 12.2 Å². The average molecular weight is 206 g/mol. The molecule has 0 heterocycles. The lowest BCUT2D eigenvalue weighted by Gasteiger charge is -2.05. The number of methoxy groups -OCH3 is 1. The van der Waals surface area contributed by atoms with Gasteiger partial charge in [0, 0.05) is 7.11 Å². The lowest BCUT2D eigenvalue weighted by atomic mass is 10.1. The van der Waals surface area contributed by atoms with E-state index in [9.17, 15) is 0 Å². The second-order valence-corrected chi connectivity index (χ2v) is 3.26. The van der Waals surface area contributed by atoms with E-state index in [0.29, 0.717) is 13.2 Å². The highest BCUT2D eigenvalue weighted by Crippen LogP contribution is 2.12. The summed E-state index contributed by atoms with van der Waals surface area (Å²) in [6.07, 6.45) is 5.18. The molecule has 0 amide bonds. The fourth-order valence-electron chi connectivity index (χ4n) is 1.22. The molecule has 0 spiro atoms. The van der Waals surface area contributed by atoms with Crippen LogP contribution < -0.4 is 4.74 Å². The maximum atomic E-state index is 5.46. The van der Waals surface area contributed by atoms with Crippen LogP contribution >= 0.6 is 0 Å². The molecule has 0 saturated heterocycles. The van der Waals surface area contributed by atoms with Crippen molar-refractivity contribution in [1.29, 1.82) is 0 Å². The van der Waals surface area contributed by atoms with Gasteiger partial charge in [-0.05, 0) is 31.0 Å². The van der Waals surface area contributed by atoms with E-state index >= 15 is 0 Å². The van der Waals surface area contributed by atoms with Crippen molar-refractivity contribution in [1.82, 2.24) is 0 Å². The molecule has 0 bridgehead atoms. The van der Waals surface area contributed by atoms with E-state index in [4.69, 9.17) is 9.47 Å². The Labute approximate surface area is 91.5 Å². The first-order chi connectivity index (χ1) is 7.36. The van der Waals surface area contributed by atoms with Gasteiger partial charge in [-0.2, -0.15) is 0 Å². The topological polar surface area (TPSA) is 18.5 Å². The molecule has 82 valence electrons. The van der Waals surface area contributed by atoms with E-state index in [1.165, 1.54) is 5.56 Å². The maximum absolute atomic E-state index is 5.46. The standard InChI is InChI=1S/C13H18O2/c1-3-4-5-12-6-8-13(9-7-12)15-11-10-14-2/h3-4,6-9H,5,10-11H2,1-2H3/b4-3+. The first kappa shape index (κ1) is 11.8. The van der Waals surface area contributed by atoms with Crippen molar-refractivity contribution in [3.05, 3.63) is 42.0 Å². The van der Waals surface area contributed by atoms with Gasteiger partial charge in [0.05, 0.1) is 6.61 Å². The minimum atomic E-state index is 0.602. The smallest absolute Gasteiger partial charge is 0.119 e. The molecular formula is C13H18O2. The molecule has 0 saturated carbocycles. The normalized spacial score (nSPS) is 10.8. The molecule has 1 aromatic carbocycles. The van der Waals surface area contributed by atoms with Crippen LogP contribution in [-0.4, -0.2) is 20.3 Å². The predicted octanol–water partition coefficient (Wildman–Crippen LogP) is 2.83. The van der Waals surface area contributed by atoms with E-state index in [-0.39, 0.29) is 0 Å². The summed E-state index contributed by atoms with van der Waals surface area (Å²) >= 11 is 0. The summed E-state index contributed by atoms with van der Waals surface area (Å²) in [7, 11) is 1.67. The Morgan fingerprint density at radius 1 is 1.13 bits per heavy atom. The van der Waals surface area contributed by atoms with Crippen LogP contribution in [0.15, 0.2) is 36.4 Å². The van der Waals surface area contributed by atoms with E-state index in [1.807, 2.05) is 19.1 Å². The van der Waals surface area contributed by atoms with Crippen LogP contribution in [-0.2, 0) is 11.2 Å². The summed E-state index contributed by atoms with van der Waals surface area (Å²) < 4.78 is 10.4. The highest BCUT2D eigenvalue weighted by atomic mass is 16.5. The molecule has 15 heavy (non-hydrogen) atoms. The highest BCUT2D eigenvalue weighted by molar-refractivity contribution is 5.28. The van der Waals surface area contributed by atoms with Gasteiger partial charge in [0.2, 0.25) is 0 Å². The van der Waals surface area contributed by atoms with Gasteiger partial charge in [-0.25, -0.2) is 0 Å². The summed E-state index contributed by atoms with van der Waals surface area (Å²) in [5.41, 5.74) is 1.30. The van der Waals surface area contributed by atoms with Crippen LogP contribution in [0.2, 0.25) is 0 Å². The third-order valence-corrected chi connectivity index (χ3v) is 2.07. The number of allylic oxidation sites excluding steroid dienone is 2. The van der Waals surface area contributed by atoms with Crippen molar-refractivity contribution in [2.45, 2.75) is 13.3 Å². The monoisotopic (exact) mass is 206 g/mol. The van der Waals surface area contributed by atoms with Gasteiger partial charge in [0.15, 0.2) is 0 Å². The van der Waals surface area contributed by atoms with Crippen LogP contribution in [0.4, 0.5) is 0 Å². The number of hydrogen-bond donors (Lipinski definition) is 0. The Bertz CT molecular complexity index is 288. The van der Waals surface area contributed by atoms with Gasteiger partial charge in [-0.3, -0.25) is 0 Å². The molecular weight excluding hydrogens is 188 g/mol. The molecule has 0 radical (unpaired) electrons. The molecule has 0 unspecified atom stereocenters. The van der Waals surface area contributed by atoms with Gasteiger partial charge in [0.25, 0.3) is 0 Å². The lowest BCUT2D eigenvalue weighted by molar-refractivity contribution is 0.146. The number of benzene rings is 1. The first-order valence-electron chi connectivity index (χ1n) is 5.18. The Morgan fingerprint density at radius 3 is 2.47 bits per heavy atom. The molecule has 0 aliphatic rings. The average Bonchev–Trinajstić information content (AvgIpc) is 2.28. The van der Waals surface area contributed by atoms with Crippen molar-refractivity contribution >= 4 is 0 Å². The largest absolute Gasteiger partial charge is 0.491 e. The van der Waals surface area contributed by atoms with E-state index < -0.39 is 0 Å². The predicted molar refractivity (Wildman–Crippen MR) is 62.3 cm³/mol. The van der Waals surface area contributed by atoms with Gasteiger partial charge >= 0.3 is 0 Å². The van der Waals surface area contributed by atoms with E-state index in [1.54, 1.807) is 7.11 Å². The van der Waals surface area contributed by atoms with Crippen LogP contribution in [0.1, 0.15) is 12.5 Å². The molecule has 0 aliphatic carbocycles. The van der Waals surface area contributed by atoms with Crippen molar-refractivity contribution < 1.29 is 9.47 Å². The SMILES string of the molecule is C/C=C/Cc1ccc(OCCOC)cc1. The third-order valence-electron chi connectivity index (χ3n) is 2.07. The van der Waals surface area contributed by atoms with Crippen molar-refractivity contribution in [2.24, 2.45) is 0 Å². The van der Waals surface area contributed by atoms with Gasteiger partial charge in [0.1, 0.15) is 12.4 Å². The van der Waals surface area contributed by atoms with E-state index in [2.05, 4.69) is 24.3 Å². The molecule has 1 aromatic rings. The fraction of sp³-hybridized carbons (Fsp3) is 0.385. The van der Waals surface area contributed by atoms with Crippen LogP contribution in [0.25, 0.3) is 0 Å². The minimum absolute atomic E-state index is 0.602. The Balaban J connectivity index is 2.41. The molecule has 0 N–H and O–H groups in total. The van der Waals surface area contributed by atoms with Gasteiger partial charge in [-0.15, -0.1) is 0 Å². The maximum Gasteiger partial charge on any atom is 0.119 e. The second-order valence-electron chi connectivity index (χ2n) is 3.26. The summed E-state index contributed by atoms with van der Waals surface area (Å²) in [6, 6.07) is 8.16. The summed E-state index contributed by atoms with van der Waals surface area (Å²) in [5.74, 6) is 0.899. The minimum Gasteiger partial charge on any atom is -0.491 e. The van der Waals surface area contributed by atoms with Crippen LogP contribution in [0.3, 0.4) is 0 Å². The Kier molecular flexibility index (Phi) is 5.56. The molecule has 1 rings (SSSR count). The van der Waals surface area contributed by atoms with Crippen LogP contribution in [0, 0.1) is 0 Å². The molecule has 2 nitrogen and oxygen atoms in total. The molecule has 0 aromatic heterocycles. The lowest BCUT2D eigenvalue weighted by Crippen LogP contribution is -2.03. The summed E-state index contributed by atoms with van der Waals surface area (Å²) in [6.45, 7) is 3.26. The molecule has 0 atom stereocenters. The zero-order valence-electron chi connectivity index (χ0n) is 9.40. The number of rotatable bonds is 6. The zero-order chi connectivity index (χ0) is 10.9. The Morgan fingerprint density at radius 2 is 1.87 bits per heavy atom. The second kappa shape index (κ2) is 7.07. The summed E-state index contributed by atoms with van der Waals surface area (Å²) in [5, 5.41) is 0. The van der Waals surface area contributed by atoms with Crippen molar-refractivity contribution in [2.75, 3.05) is 20.3 Å².